The van der Waals surface area contributed by atoms with Crippen LogP contribution in [0.2, 0.25) is 0 Å². The summed E-state index contributed by atoms with van der Waals surface area (Å²) >= 11 is 0. The lowest BCUT2D eigenvalue weighted by Crippen LogP contribution is -2.23. The molecule has 1 aromatic heterocycles. The number of para-hydroxylation sites is 3. The van der Waals surface area contributed by atoms with Gasteiger partial charge in [-0.1, -0.05) is 164 Å². The summed E-state index contributed by atoms with van der Waals surface area (Å²) in [6.07, 6.45) is 8.50. The van der Waals surface area contributed by atoms with Gasteiger partial charge in [-0.15, -0.1) is 0 Å². The van der Waals surface area contributed by atoms with Crippen LogP contribution in [0.5, 0.6) is 0 Å². The van der Waals surface area contributed by atoms with Crippen molar-refractivity contribution in [3.8, 4) is 16.8 Å². The Bertz CT molecular complexity index is 2870. The van der Waals surface area contributed by atoms with Crippen molar-refractivity contribution >= 4 is 50.4 Å². The SMILES string of the molecule is C=C1/C=C\C=C/CN(c2ccccc2)c2c1ccc(C(N=C(NC)c1ccccc1)=NCc1ccccc1)c2-c1cccc2c1c1ccccc1n2-c1ccccc1. The molecule has 9 rings (SSSR count). The predicted molar refractivity (Wildman–Crippen MR) is 246 cm³/mol. The Morgan fingerprint density at radius 3 is 2.03 bits per heavy atom. The van der Waals surface area contributed by atoms with E-state index in [0.717, 1.165) is 78.3 Å². The zero-order valence-corrected chi connectivity index (χ0v) is 32.5. The lowest BCUT2D eigenvalue weighted by atomic mass is 9.88. The molecule has 0 saturated carbocycles. The maximum Gasteiger partial charge on any atom is 0.158 e. The van der Waals surface area contributed by atoms with E-state index in [1.54, 1.807) is 0 Å². The molecule has 58 heavy (non-hydrogen) atoms. The van der Waals surface area contributed by atoms with E-state index >= 15 is 0 Å². The third-order valence-electron chi connectivity index (χ3n) is 10.7. The summed E-state index contributed by atoms with van der Waals surface area (Å²) in [6.45, 7) is 5.75. The summed E-state index contributed by atoms with van der Waals surface area (Å²) in [5, 5.41) is 5.73. The van der Waals surface area contributed by atoms with Crippen molar-refractivity contribution in [2.45, 2.75) is 6.54 Å². The molecule has 1 aliphatic rings. The molecule has 1 aliphatic heterocycles. The summed E-state index contributed by atoms with van der Waals surface area (Å²) in [5.41, 5.74) is 12.6. The average Bonchev–Trinajstić information content (AvgIpc) is 3.66. The summed E-state index contributed by atoms with van der Waals surface area (Å²) in [4.78, 5) is 13.2. The number of amidine groups is 2. The van der Waals surface area contributed by atoms with E-state index in [1.165, 1.54) is 5.39 Å². The van der Waals surface area contributed by atoms with Crippen LogP contribution in [0.3, 0.4) is 0 Å². The van der Waals surface area contributed by atoms with Gasteiger partial charge in [0.05, 0.1) is 23.3 Å². The average molecular weight is 750 g/mol. The molecule has 0 fully saturated rings. The van der Waals surface area contributed by atoms with Crippen molar-refractivity contribution in [1.29, 1.82) is 0 Å². The van der Waals surface area contributed by atoms with E-state index in [9.17, 15) is 0 Å². The Kier molecular flexibility index (Phi) is 10.2. The first-order valence-corrected chi connectivity index (χ1v) is 19.7. The first-order valence-electron chi connectivity index (χ1n) is 19.7. The molecule has 1 N–H and O–H groups in total. The second kappa shape index (κ2) is 16.3. The highest BCUT2D eigenvalue weighted by Gasteiger charge is 2.27. The molecule has 0 saturated heterocycles. The fourth-order valence-corrected chi connectivity index (χ4v) is 8.01. The maximum absolute atomic E-state index is 5.44. The Balaban J connectivity index is 1.43. The Hall–Kier alpha value is -7.50. The van der Waals surface area contributed by atoms with E-state index in [2.05, 4.69) is 197 Å². The van der Waals surface area contributed by atoms with Crippen molar-refractivity contribution in [2.75, 3.05) is 18.5 Å². The molecule has 0 amide bonds. The van der Waals surface area contributed by atoms with Crippen LogP contribution in [0, 0.1) is 0 Å². The Labute approximate surface area is 340 Å². The summed E-state index contributed by atoms with van der Waals surface area (Å²) in [6, 6.07) is 61.7. The van der Waals surface area contributed by atoms with E-state index in [-0.39, 0.29) is 0 Å². The number of hydrogen-bond donors (Lipinski definition) is 1. The molecule has 280 valence electrons. The van der Waals surface area contributed by atoms with E-state index in [1.807, 2.05) is 31.3 Å². The third kappa shape index (κ3) is 6.95. The van der Waals surface area contributed by atoms with Gasteiger partial charge in [0.15, 0.2) is 5.84 Å². The zero-order chi connectivity index (χ0) is 39.3. The molecule has 5 heteroatoms. The van der Waals surface area contributed by atoms with Crippen LogP contribution in [0.4, 0.5) is 11.4 Å². The minimum absolute atomic E-state index is 0.458. The van der Waals surface area contributed by atoms with Gasteiger partial charge in [0, 0.05) is 58.0 Å². The van der Waals surface area contributed by atoms with Crippen molar-refractivity contribution in [2.24, 2.45) is 9.98 Å². The quantitative estimate of drug-likeness (QED) is 0.130. The van der Waals surface area contributed by atoms with Crippen LogP contribution in [0.25, 0.3) is 44.2 Å². The molecule has 0 spiro atoms. The summed E-state index contributed by atoms with van der Waals surface area (Å²) in [7, 11) is 1.92. The van der Waals surface area contributed by atoms with Gasteiger partial charge in [-0.05, 0) is 59.2 Å². The van der Waals surface area contributed by atoms with Crippen LogP contribution in [-0.2, 0) is 6.54 Å². The van der Waals surface area contributed by atoms with Crippen molar-refractivity contribution < 1.29 is 0 Å². The highest BCUT2D eigenvalue weighted by molar-refractivity contribution is 6.22. The van der Waals surface area contributed by atoms with Gasteiger partial charge < -0.3 is 14.8 Å². The van der Waals surface area contributed by atoms with Crippen LogP contribution >= 0.6 is 0 Å². The molecule has 0 radical (unpaired) electrons. The van der Waals surface area contributed by atoms with Gasteiger partial charge in [0.25, 0.3) is 0 Å². The van der Waals surface area contributed by atoms with Crippen LogP contribution < -0.4 is 10.2 Å². The highest BCUT2D eigenvalue weighted by Crippen LogP contribution is 2.48. The fourth-order valence-electron chi connectivity index (χ4n) is 8.01. The number of anilines is 2. The van der Waals surface area contributed by atoms with Crippen LogP contribution in [0.15, 0.2) is 217 Å². The molecule has 8 aromatic rings. The predicted octanol–water partition coefficient (Wildman–Crippen LogP) is 12.3. The number of rotatable bonds is 7. The third-order valence-corrected chi connectivity index (χ3v) is 10.7. The lowest BCUT2D eigenvalue weighted by molar-refractivity contribution is 1.06. The summed E-state index contributed by atoms with van der Waals surface area (Å²) in [5.74, 6) is 1.36. The fraction of sp³-hybridized carbons (Fsp3) is 0.0566. The van der Waals surface area contributed by atoms with E-state index in [0.29, 0.717) is 18.9 Å². The minimum atomic E-state index is 0.458. The molecule has 0 bridgehead atoms. The second-order valence-corrected chi connectivity index (χ2v) is 14.2. The molecule has 0 aliphatic carbocycles. The number of allylic oxidation sites excluding steroid dienone is 4. The normalized spacial score (nSPS) is 14.4. The number of benzene rings is 7. The van der Waals surface area contributed by atoms with Crippen LogP contribution in [0.1, 0.15) is 22.3 Å². The van der Waals surface area contributed by atoms with Crippen molar-refractivity contribution in [3.05, 3.63) is 229 Å². The molecule has 0 atom stereocenters. The summed E-state index contributed by atoms with van der Waals surface area (Å²) < 4.78 is 2.38. The van der Waals surface area contributed by atoms with Gasteiger partial charge in [0.1, 0.15) is 5.84 Å². The van der Waals surface area contributed by atoms with Gasteiger partial charge in [-0.2, -0.15) is 0 Å². The number of nitrogens with zero attached hydrogens (tertiary/aromatic N) is 4. The number of aliphatic imine (C=N–C) groups is 2. The molecule has 7 aromatic carbocycles. The molecule has 5 nitrogen and oxygen atoms in total. The van der Waals surface area contributed by atoms with Crippen molar-refractivity contribution in [3.63, 3.8) is 0 Å². The number of fused-ring (bicyclic) bond motifs is 4. The largest absolute Gasteiger partial charge is 0.373 e. The van der Waals surface area contributed by atoms with E-state index < -0.39 is 0 Å². The molecular formula is C53H43N5. The van der Waals surface area contributed by atoms with Gasteiger partial charge in [-0.3, -0.25) is 4.99 Å². The first kappa shape index (κ1) is 36.2. The smallest absolute Gasteiger partial charge is 0.158 e. The molecule has 2 heterocycles. The van der Waals surface area contributed by atoms with Crippen molar-refractivity contribution in [1.82, 2.24) is 9.88 Å². The first-order chi connectivity index (χ1) is 28.7. The van der Waals surface area contributed by atoms with Gasteiger partial charge in [-0.25, -0.2) is 4.99 Å². The molecular weight excluding hydrogens is 707 g/mol. The Morgan fingerprint density at radius 2 is 1.29 bits per heavy atom. The number of aromatic nitrogens is 1. The number of hydrogen-bond acceptors (Lipinski definition) is 2. The van der Waals surface area contributed by atoms with Gasteiger partial charge in [0.2, 0.25) is 0 Å². The molecule has 0 unspecified atom stereocenters. The highest BCUT2D eigenvalue weighted by atomic mass is 15.1. The zero-order valence-electron chi connectivity index (χ0n) is 32.5. The lowest BCUT2D eigenvalue weighted by Gasteiger charge is -2.31. The number of nitrogens with one attached hydrogen (secondary N) is 1. The Morgan fingerprint density at radius 1 is 0.638 bits per heavy atom. The van der Waals surface area contributed by atoms with Gasteiger partial charge >= 0.3 is 0 Å². The minimum Gasteiger partial charge on any atom is -0.373 e. The monoisotopic (exact) mass is 749 g/mol. The van der Waals surface area contributed by atoms with E-state index in [4.69, 9.17) is 9.98 Å². The van der Waals surface area contributed by atoms with Crippen LogP contribution in [-0.4, -0.2) is 29.8 Å². The maximum atomic E-state index is 5.44. The second-order valence-electron chi connectivity index (χ2n) is 14.2. The topological polar surface area (TPSA) is 44.9 Å². The standard InChI is InChI=1S/C53H43N5/c1-38-21-8-7-19-36-57(41-26-13-5-14-27-41)51-43(38)34-35-46(53(55-37-39-22-9-3-10-23-39)56-52(54-2)40-24-11-4-12-25-40)50(51)45-31-20-33-48-49(45)44-30-17-18-32-47(44)58(48)42-28-15-6-16-29-42/h3-35H,1,36-37H2,2H3,(H,54,55,56)/b19-7-,21-8-.